The normalized spacial score (nSPS) is 16.7. The van der Waals surface area contributed by atoms with Gasteiger partial charge in [-0.15, -0.1) is 11.8 Å². The molecule has 3 N–H and O–H groups in total. The van der Waals surface area contributed by atoms with Gasteiger partial charge in [-0.05, 0) is 35.1 Å². The Bertz CT molecular complexity index is 1310. The number of thioether (sulfide) groups is 1. The molecule has 1 aromatic heterocycles. The number of nitrogens with zero attached hydrogens (tertiary/aromatic N) is 1. The first-order chi connectivity index (χ1) is 17.1. The molecule has 7 nitrogen and oxygen atoms in total. The number of hydrogen-bond acceptors (Lipinski definition) is 7. The summed E-state index contributed by atoms with van der Waals surface area (Å²) in [6, 6.07) is 27.8. The van der Waals surface area contributed by atoms with Gasteiger partial charge in [0.05, 0.1) is 12.2 Å². The minimum atomic E-state index is -2.35. The van der Waals surface area contributed by atoms with E-state index in [1.54, 1.807) is 30.1 Å². The maximum atomic E-state index is 10.9. The fourth-order valence-corrected chi connectivity index (χ4v) is 5.20. The number of hydrogen-bond donors (Lipinski definition) is 3. The molecule has 0 fully saturated rings. The number of benzene rings is 3. The van der Waals surface area contributed by atoms with Gasteiger partial charge in [0.1, 0.15) is 5.37 Å². The molecule has 35 heavy (non-hydrogen) atoms. The number of oxazole rings is 1. The molecule has 4 aromatic rings. The standard InChI is InChI=1S/C26H24N4O3S2/c31-35(32)30-21-13-11-18(12-14-21)15-22(23-17-34-25(28-23)20-9-5-2-6-10-20)29-26-27-16-24(33-26)19-7-3-1-4-8-19/h1-14,16-17,22,25,28,30H,15H2,(H,27,29)(H,31,32)/p-1/t22-,25?/m0/s1. The van der Waals surface area contributed by atoms with E-state index in [1.807, 2.05) is 60.7 Å². The Labute approximate surface area is 210 Å². The lowest BCUT2D eigenvalue weighted by molar-refractivity contribution is 0.542. The van der Waals surface area contributed by atoms with Gasteiger partial charge in [-0.2, -0.15) is 0 Å². The van der Waals surface area contributed by atoms with Crippen LogP contribution in [0, 0.1) is 0 Å². The second-order valence-corrected chi connectivity index (χ2v) is 9.63. The molecule has 0 bridgehead atoms. The van der Waals surface area contributed by atoms with Gasteiger partial charge in [-0.1, -0.05) is 72.8 Å². The molecule has 1 aliphatic rings. The lowest BCUT2D eigenvalue weighted by Crippen LogP contribution is -2.31. The molecular formula is C26H23N4O3S2-. The summed E-state index contributed by atoms with van der Waals surface area (Å²) in [6.45, 7) is 0. The van der Waals surface area contributed by atoms with Gasteiger partial charge in [-0.25, -0.2) is 4.98 Å². The van der Waals surface area contributed by atoms with E-state index >= 15 is 0 Å². The van der Waals surface area contributed by atoms with Gasteiger partial charge >= 0.3 is 0 Å². The molecule has 0 amide bonds. The minimum Gasteiger partial charge on any atom is -0.755 e. The van der Waals surface area contributed by atoms with E-state index in [4.69, 9.17) is 4.42 Å². The van der Waals surface area contributed by atoms with Crippen LogP contribution in [0.3, 0.4) is 0 Å². The third-order valence-corrected chi connectivity index (χ3v) is 7.02. The Morgan fingerprint density at radius 3 is 2.46 bits per heavy atom. The first-order valence-corrected chi connectivity index (χ1v) is 13.1. The summed E-state index contributed by atoms with van der Waals surface area (Å²) in [7, 11) is 0. The highest BCUT2D eigenvalue weighted by Crippen LogP contribution is 2.36. The fourth-order valence-electron chi connectivity index (χ4n) is 3.84. The molecule has 0 saturated carbocycles. The number of nitrogens with one attached hydrogen (secondary N) is 3. The largest absolute Gasteiger partial charge is 0.755 e. The fraction of sp³-hybridized carbons (Fsp3) is 0.115. The first kappa shape index (κ1) is 23.2. The molecule has 3 atom stereocenters. The van der Waals surface area contributed by atoms with E-state index in [2.05, 4.69) is 37.9 Å². The SMILES string of the molecule is O=S([O-])Nc1ccc(C[C@H](Nc2ncc(-c3ccccc3)o2)C2=CSC(c3ccccc3)N2)cc1. The maximum Gasteiger partial charge on any atom is 0.295 e. The van der Waals surface area contributed by atoms with E-state index in [1.165, 1.54) is 5.56 Å². The highest BCUT2D eigenvalue weighted by molar-refractivity contribution is 8.02. The molecule has 2 unspecified atom stereocenters. The van der Waals surface area contributed by atoms with Crippen LogP contribution in [0.5, 0.6) is 0 Å². The lowest BCUT2D eigenvalue weighted by atomic mass is 10.0. The van der Waals surface area contributed by atoms with Crippen LogP contribution in [0.15, 0.2) is 107 Å². The lowest BCUT2D eigenvalue weighted by Gasteiger charge is -2.22. The summed E-state index contributed by atoms with van der Waals surface area (Å²) in [4.78, 5) is 4.45. The van der Waals surface area contributed by atoms with Crippen molar-refractivity contribution in [3.05, 3.63) is 113 Å². The Morgan fingerprint density at radius 1 is 1.03 bits per heavy atom. The first-order valence-electron chi connectivity index (χ1n) is 11.0. The molecular weight excluding hydrogens is 480 g/mol. The van der Waals surface area contributed by atoms with Crippen LogP contribution in [0.4, 0.5) is 11.7 Å². The van der Waals surface area contributed by atoms with Crippen molar-refractivity contribution in [1.82, 2.24) is 10.3 Å². The zero-order valence-corrected chi connectivity index (χ0v) is 20.2. The molecule has 0 spiro atoms. The van der Waals surface area contributed by atoms with Crippen molar-refractivity contribution >= 4 is 34.7 Å². The molecule has 3 aromatic carbocycles. The van der Waals surface area contributed by atoms with E-state index in [0.717, 1.165) is 16.8 Å². The maximum absolute atomic E-state index is 10.9. The molecule has 9 heteroatoms. The van der Waals surface area contributed by atoms with Crippen LogP contribution in [-0.4, -0.2) is 19.8 Å². The smallest absolute Gasteiger partial charge is 0.295 e. The van der Waals surface area contributed by atoms with Gasteiger partial charge in [0.2, 0.25) is 0 Å². The summed E-state index contributed by atoms with van der Waals surface area (Å²) >= 11 is -0.631. The van der Waals surface area contributed by atoms with Crippen molar-refractivity contribution in [2.45, 2.75) is 17.8 Å². The molecule has 2 heterocycles. The van der Waals surface area contributed by atoms with Gasteiger partial charge < -0.3 is 24.3 Å². The second kappa shape index (κ2) is 10.8. The molecule has 0 aliphatic carbocycles. The van der Waals surface area contributed by atoms with E-state index in [0.29, 0.717) is 23.9 Å². The molecule has 0 radical (unpaired) electrons. The van der Waals surface area contributed by atoms with Crippen molar-refractivity contribution in [3.8, 4) is 11.3 Å². The second-order valence-electron chi connectivity index (χ2n) is 7.97. The summed E-state index contributed by atoms with van der Waals surface area (Å²) in [5.74, 6) is 0.692. The van der Waals surface area contributed by atoms with Crippen molar-refractivity contribution < 1.29 is 13.2 Å². The Balaban J connectivity index is 1.35. The quantitative estimate of drug-likeness (QED) is 0.261. The molecule has 0 saturated heterocycles. The zero-order valence-electron chi connectivity index (χ0n) is 18.6. The van der Waals surface area contributed by atoms with Crippen molar-refractivity contribution in [2.75, 3.05) is 10.0 Å². The Kier molecular flexibility index (Phi) is 7.17. The van der Waals surface area contributed by atoms with Crippen molar-refractivity contribution in [1.29, 1.82) is 0 Å². The monoisotopic (exact) mass is 503 g/mol. The van der Waals surface area contributed by atoms with E-state index in [-0.39, 0.29) is 11.4 Å². The summed E-state index contributed by atoms with van der Waals surface area (Å²) < 4.78 is 30.2. The predicted molar refractivity (Wildman–Crippen MR) is 140 cm³/mol. The van der Waals surface area contributed by atoms with Crippen LogP contribution in [0.1, 0.15) is 16.5 Å². The van der Waals surface area contributed by atoms with E-state index in [9.17, 15) is 8.76 Å². The molecule has 178 valence electrons. The van der Waals surface area contributed by atoms with Gasteiger partial charge in [0, 0.05) is 28.2 Å². The van der Waals surface area contributed by atoms with Crippen molar-refractivity contribution in [3.63, 3.8) is 0 Å². The van der Waals surface area contributed by atoms with E-state index < -0.39 is 11.3 Å². The van der Waals surface area contributed by atoms with Crippen LogP contribution in [0.2, 0.25) is 0 Å². The van der Waals surface area contributed by atoms with Gasteiger partial charge in [0.25, 0.3) is 6.01 Å². The van der Waals surface area contributed by atoms with Crippen molar-refractivity contribution in [2.24, 2.45) is 0 Å². The van der Waals surface area contributed by atoms with Crippen LogP contribution >= 0.6 is 11.8 Å². The molecule has 1 aliphatic heterocycles. The highest BCUT2D eigenvalue weighted by atomic mass is 32.2. The van der Waals surface area contributed by atoms with Crippen LogP contribution in [-0.2, 0) is 17.7 Å². The molecule has 5 rings (SSSR count). The third kappa shape index (κ3) is 5.94. The third-order valence-electron chi connectivity index (χ3n) is 5.56. The zero-order chi connectivity index (χ0) is 24.0. The minimum absolute atomic E-state index is 0.124. The van der Waals surface area contributed by atoms with Crippen LogP contribution < -0.4 is 15.4 Å². The Hall–Kier alpha value is -3.53. The average molecular weight is 504 g/mol. The summed E-state index contributed by atoms with van der Waals surface area (Å²) in [5.41, 5.74) is 4.75. The van der Waals surface area contributed by atoms with Gasteiger partial charge in [-0.3, -0.25) is 4.21 Å². The highest BCUT2D eigenvalue weighted by Gasteiger charge is 2.26. The number of aromatic nitrogens is 1. The average Bonchev–Trinajstić information content (AvgIpc) is 3.56. The summed E-state index contributed by atoms with van der Waals surface area (Å²) in [6.07, 6.45) is 2.36. The van der Waals surface area contributed by atoms with Gasteiger partial charge in [0.15, 0.2) is 5.76 Å². The number of anilines is 2. The topological polar surface area (TPSA) is 102 Å². The summed E-state index contributed by atoms with van der Waals surface area (Å²) in [5, 5.41) is 9.32. The number of rotatable bonds is 9. The Morgan fingerprint density at radius 2 is 1.74 bits per heavy atom. The predicted octanol–water partition coefficient (Wildman–Crippen LogP) is 5.45. The van der Waals surface area contributed by atoms with Crippen LogP contribution in [0.25, 0.3) is 11.3 Å².